The van der Waals surface area contributed by atoms with E-state index in [1.54, 1.807) is 12.1 Å². The third-order valence-electron chi connectivity index (χ3n) is 4.97. The van der Waals surface area contributed by atoms with E-state index in [0.29, 0.717) is 23.5 Å². The number of phenolic OH excluding ortho intramolecular Hbond substituents is 1. The molecule has 1 aromatic carbocycles. The first kappa shape index (κ1) is 18.6. The molecule has 10 nitrogen and oxygen atoms in total. The van der Waals surface area contributed by atoms with Gasteiger partial charge in [-0.25, -0.2) is 15.0 Å². The highest BCUT2D eigenvalue weighted by atomic mass is 16.6. The number of hydrogen-bond donors (Lipinski definition) is 5. The third kappa shape index (κ3) is 3.06. The summed E-state index contributed by atoms with van der Waals surface area (Å²) in [6.45, 7) is 1.83. The van der Waals surface area contributed by atoms with Gasteiger partial charge >= 0.3 is 0 Å². The molecule has 1 aliphatic rings. The van der Waals surface area contributed by atoms with Gasteiger partial charge in [0, 0.05) is 12.1 Å². The topological polar surface area (TPSA) is 146 Å². The van der Waals surface area contributed by atoms with Gasteiger partial charge in [-0.1, -0.05) is 12.1 Å². The Kier molecular flexibility index (Phi) is 4.85. The molecule has 1 aliphatic heterocycles. The third-order valence-corrected chi connectivity index (χ3v) is 4.97. The van der Waals surface area contributed by atoms with E-state index >= 15 is 0 Å². The van der Waals surface area contributed by atoms with E-state index < -0.39 is 31.1 Å². The Labute approximate surface area is 160 Å². The minimum absolute atomic E-state index is 0.190. The second-order valence-electron chi connectivity index (χ2n) is 6.70. The lowest BCUT2D eigenvalue weighted by Gasteiger charge is -2.16. The number of benzene rings is 1. The highest BCUT2D eigenvalue weighted by Crippen LogP contribution is 2.32. The Balaban J connectivity index is 1.62. The fourth-order valence-electron chi connectivity index (χ4n) is 3.37. The van der Waals surface area contributed by atoms with E-state index in [-0.39, 0.29) is 5.75 Å². The zero-order valence-electron chi connectivity index (χ0n) is 15.1. The number of nitrogens with one attached hydrogen (secondary N) is 1. The molecule has 0 radical (unpaired) electrons. The SMILES string of the molecule is Cc1cccc(O)c1CNc1ncnc2c1ncn2C1O[C@H](CO)[C@@H](O)[C@H]1O. The number of phenols is 1. The second kappa shape index (κ2) is 7.32. The Morgan fingerprint density at radius 3 is 2.71 bits per heavy atom. The summed E-state index contributed by atoms with van der Waals surface area (Å²) in [6, 6.07) is 5.30. The number of hydrogen-bond acceptors (Lipinski definition) is 9. The van der Waals surface area contributed by atoms with Crippen LogP contribution in [0.25, 0.3) is 11.2 Å². The van der Waals surface area contributed by atoms with Gasteiger partial charge in [0.15, 0.2) is 23.2 Å². The molecule has 2 aromatic heterocycles. The fourth-order valence-corrected chi connectivity index (χ4v) is 3.37. The van der Waals surface area contributed by atoms with Crippen LogP contribution in [0.4, 0.5) is 5.82 Å². The monoisotopic (exact) mass is 387 g/mol. The highest BCUT2D eigenvalue weighted by molar-refractivity contribution is 5.82. The van der Waals surface area contributed by atoms with Crippen LogP contribution in [0.2, 0.25) is 0 Å². The second-order valence-corrected chi connectivity index (χ2v) is 6.70. The van der Waals surface area contributed by atoms with Gasteiger partial charge in [-0.05, 0) is 18.6 Å². The van der Waals surface area contributed by atoms with E-state index in [1.165, 1.54) is 17.2 Å². The predicted octanol–water partition coefficient (Wildman–Crippen LogP) is 0.0639. The van der Waals surface area contributed by atoms with Crippen molar-refractivity contribution in [2.24, 2.45) is 0 Å². The highest BCUT2D eigenvalue weighted by Gasteiger charge is 2.44. The van der Waals surface area contributed by atoms with Crippen LogP contribution in [0.5, 0.6) is 5.75 Å². The van der Waals surface area contributed by atoms with Gasteiger partial charge in [-0.15, -0.1) is 0 Å². The molecule has 0 aliphatic carbocycles. The normalized spacial score (nSPS) is 24.7. The van der Waals surface area contributed by atoms with Crippen molar-refractivity contribution in [2.75, 3.05) is 11.9 Å². The summed E-state index contributed by atoms with van der Waals surface area (Å²) in [4.78, 5) is 12.7. The smallest absolute Gasteiger partial charge is 0.167 e. The van der Waals surface area contributed by atoms with Gasteiger partial charge in [-0.2, -0.15) is 0 Å². The quantitative estimate of drug-likeness (QED) is 0.410. The molecule has 148 valence electrons. The summed E-state index contributed by atoms with van der Waals surface area (Å²) in [5, 5.41) is 42.7. The van der Waals surface area contributed by atoms with E-state index in [1.807, 2.05) is 13.0 Å². The first-order valence-corrected chi connectivity index (χ1v) is 8.82. The average molecular weight is 387 g/mol. The van der Waals surface area contributed by atoms with Gasteiger partial charge in [0.1, 0.15) is 30.4 Å². The lowest BCUT2D eigenvalue weighted by molar-refractivity contribution is -0.0511. The number of fused-ring (bicyclic) bond motifs is 1. The molecule has 3 heterocycles. The maximum atomic E-state index is 10.3. The van der Waals surface area contributed by atoms with Crippen molar-refractivity contribution in [3.05, 3.63) is 42.0 Å². The minimum atomic E-state index is -1.23. The molecule has 1 saturated heterocycles. The molecule has 0 amide bonds. The Morgan fingerprint density at radius 2 is 2.00 bits per heavy atom. The lowest BCUT2D eigenvalue weighted by atomic mass is 10.1. The van der Waals surface area contributed by atoms with E-state index in [2.05, 4.69) is 20.3 Å². The van der Waals surface area contributed by atoms with Crippen molar-refractivity contribution in [1.82, 2.24) is 19.5 Å². The molecule has 3 aromatic rings. The Hall–Kier alpha value is -2.79. The van der Waals surface area contributed by atoms with Crippen LogP contribution in [0.15, 0.2) is 30.9 Å². The van der Waals surface area contributed by atoms with Crippen LogP contribution in [0, 0.1) is 6.92 Å². The van der Waals surface area contributed by atoms with E-state index in [0.717, 1.165) is 11.1 Å². The Bertz CT molecular complexity index is 973. The van der Waals surface area contributed by atoms with Crippen LogP contribution in [0.3, 0.4) is 0 Å². The molecule has 1 unspecified atom stereocenters. The van der Waals surface area contributed by atoms with E-state index in [4.69, 9.17) is 4.74 Å². The molecule has 0 spiro atoms. The summed E-state index contributed by atoms with van der Waals surface area (Å²) in [5.74, 6) is 0.646. The zero-order chi connectivity index (χ0) is 19.8. The molecule has 28 heavy (non-hydrogen) atoms. The molecular weight excluding hydrogens is 366 g/mol. The van der Waals surface area contributed by atoms with E-state index in [9.17, 15) is 20.4 Å². The van der Waals surface area contributed by atoms with Gasteiger partial charge in [0.25, 0.3) is 0 Å². The number of aryl methyl sites for hydroxylation is 1. The molecule has 4 rings (SSSR count). The summed E-state index contributed by atoms with van der Waals surface area (Å²) >= 11 is 0. The zero-order valence-corrected chi connectivity index (χ0v) is 15.1. The average Bonchev–Trinajstić information content (AvgIpc) is 3.23. The fraction of sp³-hybridized carbons (Fsp3) is 0.389. The number of rotatable bonds is 5. The number of nitrogens with zero attached hydrogens (tertiary/aromatic N) is 4. The molecule has 10 heteroatoms. The predicted molar refractivity (Wildman–Crippen MR) is 98.5 cm³/mol. The van der Waals surface area contributed by atoms with Crippen LogP contribution < -0.4 is 5.32 Å². The van der Waals surface area contributed by atoms with Gasteiger partial charge in [-0.3, -0.25) is 4.57 Å². The number of ether oxygens (including phenoxy) is 1. The summed E-state index contributed by atoms with van der Waals surface area (Å²) in [7, 11) is 0. The van der Waals surface area contributed by atoms with Crippen LogP contribution in [-0.4, -0.2) is 64.9 Å². The first-order chi connectivity index (χ1) is 13.5. The van der Waals surface area contributed by atoms with Crippen LogP contribution >= 0.6 is 0 Å². The van der Waals surface area contributed by atoms with Gasteiger partial charge < -0.3 is 30.5 Å². The molecule has 0 saturated carbocycles. The molecule has 4 atom stereocenters. The molecule has 5 N–H and O–H groups in total. The summed E-state index contributed by atoms with van der Waals surface area (Å²) < 4.78 is 7.04. The Morgan fingerprint density at radius 1 is 1.18 bits per heavy atom. The van der Waals surface area contributed by atoms with Crippen molar-refractivity contribution >= 4 is 17.0 Å². The summed E-state index contributed by atoms with van der Waals surface area (Å²) in [5.41, 5.74) is 2.54. The van der Waals surface area contributed by atoms with Crippen molar-refractivity contribution in [2.45, 2.75) is 38.0 Å². The minimum Gasteiger partial charge on any atom is -0.508 e. The van der Waals surface area contributed by atoms with Crippen molar-refractivity contribution in [3.63, 3.8) is 0 Å². The number of aliphatic hydroxyl groups excluding tert-OH is 3. The lowest BCUT2D eigenvalue weighted by Crippen LogP contribution is -2.33. The van der Waals surface area contributed by atoms with Crippen molar-refractivity contribution in [1.29, 1.82) is 0 Å². The first-order valence-electron chi connectivity index (χ1n) is 8.82. The summed E-state index contributed by atoms with van der Waals surface area (Å²) in [6.07, 6.45) is -1.47. The number of imidazole rings is 1. The largest absolute Gasteiger partial charge is 0.508 e. The van der Waals surface area contributed by atoms with Gasteiger partial charge in [0.2, 0.25) is 0 Å². The number of aromatic hydroxyl groups is 1. The maximum Gasteiger partial charge on any atom is 0.167 e. The van der Waals surface area contributed by atoms with Crippen LogP contribution in [-0.2, 0) is 11.3 Å². The number of anilines is 1. The maximum absolute atomic E-state index is 10.3. The number of aliphatic hydroxyl groups is 3. The standard InChI is InChI=1S/C18H21N5O5/c1-9-3-2-4-11(25)10(9)5-19-16-13-17(21-7-20-16)23(8-22-13)18-15(27)14(26)12(6-24)28-18/h2-4,7-8,12,14-15,18,24-27H,5-6H2,1H3,(H,19,20,21)/t12-,14-,15-,18?/m1/s1. The van der Waals surface area contributed by atoms with Crippen LogP contribution in [0.1, 0.15) is 17.4 Å². The number of aromatic nitrogens is 4. The van der Waals surface area contributed by atoms with Gasteiger partial charge in [0.05, 0.1) is 12.9 Å². The molecule has 0 bridgehead atoms. The molecule has 1 fully saturated rings. The van der Waals surface area contributed by atoms with Crippen molar-refractivity contribution in [3.8, 4) is 5.75 Å². The molecular formula is C18H21N5O5. The van der Waals surface area contributed by atoms with Crippen molar-refractivity contribution < 1.29 is 25.2 Å².